The maximum Gasteiger partial charge on any atom is 0.434 e. The summed E-state index contributed by atoms with van der Waals surface area (Å²) in [6, 6.07) is 11.5. The van der Waals surface area contributed by atoms with E-state index in [1.165, 1.54) is 30.7 Å². The second kappa shape index (κ2) is 13.6. The lowest BCUT2D eigenvalue weighted by Gasteiger charge is -2.12. The maximum absolute atomic E-state index is 13.3. The van der Waals surface area contributed by atoms with Crippen molar-refractivity contribution in [2.75, 3.05) is 18.5 Å². The summed E-state index contributed by atoms with van der Waals surface area (Å²) in [5, 5.41) is 5.94. The molecular formula is C27H24F3N7O4S. The summed E-state index contributed by atoms with van der Waals surface area (Å²) < 4.78 is 45.1. The predicted molar refractivity (Wildman–Crippen MR) is 148 cm³/mol. The number of amides is 4. The van der Waals surface area contributed by atoms with Gasteiger partial charge in [0.05, 0.1) is 12.2 Å². The molecule has 0 saturated carbocycles. The van der Waals surface area contributed by atoms with E-state index in [9.17, 15) is 27.6 Å². The molecule has 4 N–H and O–H groups in total. The van der Waals surface area contributed by atoms with Gasteiger partial charge in [0.15, 0.2) is 5.69 Å². The molecule has 0 aliphatic rings. The summed E-state index contributed by atoms with van der Waals surface area (Å²) in [6.07, 6.45) is -0.681. The number of hydrogen-bond donors (Lipinski definition) is 4. The van der Waals surface area contributed by atoms with E-state index < -0.39 is 29.7 Å². The number of pyridine rings is 2. The van der Waals surface area contributed by atoms with Crippen molar-refractivity contribution < 1.29 is 32.3 Å². The third-order valence-electron chi connectivity index (χ3n) is 5.48. The number of thiazole rings is 1. The minimum atomic E-state index is -4.65. The lowest BCUT2D eigenvalue weighted by molar-refractivity contribution is -0.140. The number of carbonyl (C=O) groups is 3. The number of nitrogens with one attached hydrogen (secondary N) is 4. The highest BCUT2D eigenvalue weighted by Gasteiger charge is 2.34. The second-order valence-electron chi connectivity index (χ2n) is 8.58. The predicted octanol–water partition coefficient (Wildman–Crippen LogP) is 4.41. The molecule has 4 amide bonds. The molecule has 0 spiro atoms. The Hall–Kier alpha value is -4.89. The number of aromatic nitrogens is 3. The minimum Gasteiger partial charge on any atom is -0.367 e. The molecule has 1 aromatic carbocycles. The van der Waals surface area contributed by atoms with Crippen molar-refractivity contribution >= 4 is 35.0 Å². The van der Waals surface area contributed by atoms with Gasteiger partial charge in [-0.1, -0.05) is 30.3 Å². The molecule has 4 rings (SSSR count). The van der Waals surface area contributed by atoms with Crippen LogP contribution in [0, 0.1) is 0 Å². The lowest BCUT2D eigenvalue weighted by Crippen LogP contribution is -2.43. The smallest absolute Gasteiger partial charge is 0.367 e. The zero-order valence-electron chi connectivity index (χ0n) is 22.0. The molecule has 0 atom stereocenters. The van der Waals surface area contributed by atoms with E-state index in [1.54, 1.807) is 6.92 Å². The van der Waals surface area contributed by atoms with Crippen molar-refractivity contribution in [3.63, 3.8) is 0 Å². The average Bonchev–Trinajstić information content (AvgIpc) is 3.48. The number of ether oxygens (including phenoxy) is 1. The highest BCUT2D eigenvalue weighted by Crippen LogP contribution is 2.38. The van der Waals surface area contributed by atoms with Gasteiger partial charge in [-0.25, -0.2) is 14.8 Å². The van der Waals surface area contributed by atoms with E-state index in [0.717, 1.165) is 22.3 Å². The van der Waals surface area contributed by atoms with Crippen LogP contribution in [0.4, 0.5) is 23.8 Å². The van der Waals surface area contributed by atoms with Crippen LogP contribution in [0.3, 0.4) is 0 Å². The van der Waals surface area contributed by atoms with Crippen LogP contribution >= 0.6 is 11.3 Å². The molecule has 3 heterocycles. The molecule has 15 heteroatoms. The molecule has 0 fully saturated rings. The quantitative estimate of drug-likeness (QED) is 0.209. The number of hydrogen-bond acceptors (Lipinski definition) is 8. The zero-order valence-corrected chi connectivity index (χ0v) is 22.8. The Morgan fingerprint density at radius 2 is 1.79 bits per heavy atom. The van der Waals surface area contributed by atoms with Crippen molar-refractivity contribution in [3.05, 3.63) is 83.3 Å². The number of hydrazine groups is 1. The Kier molecular flexibility index (Phi) is 9.77. The van der Waals surface area contributed by atoms with Crippen LogP contribution in [-0.4, -0.2) is 45.9 Å². The molecule has 0 bridgehead atoms. The van der Waals surface area contributed by atoms with E-state index in [-0.39, 0.29) is 35.2 Å². The summed E-state index contributed by atoms with van der Waals surface area (Å²) in [5.41, 5.74) is 5.24. The number of nitrogens with zero attached hydrogens (tertiary/aromatic N) is 3. The number of alkyl halides is 3. The van der Waals surface area contributed by atoms with E-state index in [4.69, 9.17) is 4.74 Å². The summed E-state index contributed by atoms with van der Waals surface area (Å²) in [6.45, 7) is 1.98. The van der Waals surface area contributed by atoms with Crippen molar-refractivity contribution in [1.29, 1.82) is 0 Å². The van der Waals surface area contributed by atoms with Gasteiger partial charge < -0.3 is 10.1 Å². The normalized spacial score (nSPS) is 11.0. The molecular weight excluding hydrogens is 575 g/mol. The molecule has 11 nitrogen and oxygen atoms in total. The van der Waals surface area contributed by atoms with Gasteiger partial charge in [-0.2, -0.15) is 13.2 Å². The zero-order chi connectivity index (χ0) is 30.1. The third kappa shape index (κ3) is 8.08. The molecule has 0 saturated heterocycles. The van der Waals surface area contributed by atoms with Crippen molar-refractivity contribution in [2.45, 2.75) is 19.7 Å². The maximum atomic E-state index is 13.3. The molecule has 218 valence electrons. The highest BCUT2D eigenvalue weighted by atomic mass is 32.1. The molecule has 0 unspecified atom stereocenters. The van der Waals surface area contributed by atoms with E-state index in [2.05, 4.69) is 36.4 Å². The van der Waals surface area contributed by atoms with Crippen LogP contribution in [0.5, 0.6) is 0 Å². The topological polar surface area (TPSA) is 147 Å². The summed E-state index contributed by atoms with van der Waals surface area (Å²) >= 11 is 0.757. The van der Waals surface area contributed by atoms with Crippen molar-refractivity contribution in [1.82, 2.24) is 31.1 Å². The van der Waals surface area contributed by atoms with E-state index in [1.807, 2.05) is 30.3 Å². The third-order valence-corrected chi connectivity index (χ3v) is 6.36. The van der Waals surface area contributed by atoms with Gasteiger partial charge in [0.2, 0.25) is 0 Å². The fraction of sp³-hybridized carbons (Fsp3) is 0.185. The minimum absolute atomic E-state index is 0.0105. The van der Waals surface area contributed by atoms with Gasteiger partial charge in [-0.3, -0.25) is 30.7 Å². The monoisotopic (exact) mass is 599 g/mol. The van der Waals surface area contributed by atoms with Crippen LogP contribution in [-0.2, 0) is 22.3 Å². The van der Waals surface area contributed by atoms with E-state index in [0.29, 0.717) is 17.7 Å². The number of benzene rings is 1. The average molecular weight is 600 g/mol. The molecule has 4 aromatic rings. The van der Waals surface area contributed by atoms with Gasteiger partial charge in [-0.15, -0.1) is 11.3 Å². The first-order valence-electron chi connectivity index (χ1n) is 12.4. The van der Waals surface area contributed by atoms with Gasteiger partial charge >= 0.3 is 12.2 Å². The summed E-state index contributed by atoms with van der Waals surface area (Å²) in [4.78, 5) is 48.8. The Balaban J connectivity index is 1.51. The lowest BCUT2D eigenvalue weighted by atomic mass is 10.0. The first-order valence-corrected chi connectivity index (χ1v) is 13.3. The van der Waals surface area contributed by atoms with Gasteiger partial charge in [0.25, 0.3) is 11.8 Å². The van der Waals surface area contributed by atoms with Crippen LogP contribution in [0.1, 0.15) is 28.5 Å². The van der Waals surface area contributed by atoms with Crippen LogP contribution < -0.4 is 21.5 Å². The summed E-state index contributed by atoms with van der Waals surface area (Å²) in [7, 11) is 0. The van der Waals surface area contributed by atoms with Crippen LogP contribution in [0.2, 0.25) is 0 Å². The summed E-state index contributed by atoms with van der Waals surface area (Å²) in [5.74, 6) is -1.21. The fourth-order valence-electron chi connectivity index (χ4n) is 3.56. The first-order chi connectivity index (χ1) is 20.1. The number of urea groups is 1. The molecule has 0 aliphatic carbocycles. The molecule has 42 heavy (non-hydrogen) atoms. The van der Waals surface area contributed by atoms with Gasteiger partial charge in [0, 0.05) is 47.2 Å². The fourth-order valence-corrected chi connectivity index (χ4v) is 4.42. The van der Waals surface area contributed by atoms with Gasteiger partial charge in [0.1, 0.15) is 17.4 Å². The standard InChI is InChI=1S/C27H24F3N7O4S/c1-2-32-26(40)35-22-9-19(25-34-21(15-42-25)27(28,29)30)20(12-33-22)17-8-18(11-31-10-17)24(39)37-36-23(38)14-41-13-16-6-4-3-5-7-16/h3-12,15H,2,13-14H2,1H3,(H,36,38)(H,37,39)(H2,32,33,35,40). The SMILES string of the molecule is CCNC(=O)Nc1cc(-c2nc(C(F)(F)F)cs2)c(-c2cncc(C(=O)NNC(=O)COCc3ccccc3)c2)cn1. The Morgan fingerprint density at radius 1 is 1.00 bits per heavy atom. The molecule has 0 aliphatic heterocycles. The number of halogens is 3. The number of anilines is 1. The second-order valence-corrected chi connectivity index (χ2v) is 9.44. The highest BCUT2D eigenvalue weighted by molar-refractivity contribution is 7.13. The Morgan fingerprint density at radius 3 is 2.50 bits per heavy atom. The molecule has 0 radical (unpaired) electrons. The van der Waals surface area contributed by atoms with Crippen LogP contribution in [0.15, 0.2) is 66.4 Å². The molecule has 3 aromatic heterocycles. The van der Waals surface area contributed by atoms with Gasteiger partial charge in [-0.05, 0) is 24.6 Å². The number of carbonyl (C=O) groups excluding carboxylic acids is 3. The van der Waals surface area contributed by atoms with Crippen molar-refractivity contribution in [2.24, 2.45) is 0 Å². The Labute approximate surface area is 241 Å². The Bertz CT molecular complexity index is 1560. The van der Waals surface area contributed by atoms with E-state index >= 15 is 0 Å². The largest absolute Gasteiger partial charge is 0.434 e. The van der Waals surface area contributed by atoms with Crippen LogP contribution in [0.25, 0.3) is 21.7 Å². The number of rotatable bonds is 9. The first kappa shape index (κ1) is 30.1. The van der Waals surface area contributed by atoms with Crippen molar-refractivity contribution in [3.8, 4) is 21.7 Å².